The van der Waals surface area contributed by atoms with E-state index in [9.17, 15) is 4.21 Å². The van der Waals surface area contributed by atoms with Gasteiger partial charge in [-0.2, -0.15) is 0 Å². The van der Waals surface area contributed by atoms with Gasteiger partial charge >= 0.3 is 0 Å². The third-order valence-corrected chi connectivity index (χ3v) is 6.27. The van der Waals surface area contributed by atoms with E-state index in [0.29, 0.717) is 13.1 Å². The Hall–Kier alpha value is -2.02. The topological polar surface area (TPSA) is 48.4 Å². The molecule has 1 aromatic rings. The molecule has 0 saturated carbocycles. The molecule has 1 aromatic carbocycles. The molecule has 0 aromatic heterocycles. The minimum absolute atomic E-state index is 0.245. The van der Waals surface area contributed by atoms with Crippen LogP contribution in [0.1, 0.15) is 33.3 Å². The van der Waals surface area contributed by atoms with Gasteiger partial charge in [-0.3, -0.25) is 9.30 Å². The largest absolute Gasteiger partial charge is 0.474 e. The molecule has 0 N–H and O–H groups in total. The first kappa shape index (κ1) is 20.7. The summed E-state index contributed by atoms with van der Waals surface area (Å²) in [5.74, 6) is 1.57. The number of piperazine rings is 1. The summed E-state index contributed by atoms with van der Waals surface area (Å²) in [5.41, 5.74) is 1.01. The maximum Gasteiger partial charge on any atom is 0.209 e. The van der Waals surface area contributed by atoms with E-state index >= 15 is 0 Å². The highest BCUT2D eigenvalue weighted by molar-refractivity contribution is 7.83. The first-order valence-electron chi connectivity index (χ1n) is 9.99. The molecule has 154 valence electrons. The number of hydrogen-bond donors (Lipinski definition) is 0. The first-order valence-corrected chi connectivity index (χ1v) is 11.1. The van der Waals surface area contributed by atoms with E-state index in [1.807, 2.05) is 37.2 Å². The second-order valence-electron chi connectivity index (χ2n) is 8.11. The summed E-state index contributed by atoms with van der Waals surface area (Å²) >= 11 is 0. The van der Waals surface area contributed by atoms with Gasteiger partial charge in [0.15, 0.2) is 16.9 Å². The highest BCUT2D eigenvalue weighted by atomic mass is 32.2. The van der Waals surface area contributed by atoms with Crippen LogP contribution in [0, 0.1) is 0 Å². The lowest BCUT2D eigenvalue weighted by molar-refractivity contribution is -0.00529. The molecule has 2 heterocycles. The third-order valence-electron chi connectivity index (χ3n) is 4.85. The summed E-state index contributed by atoms with van der Waals surface area (Å²) in [7, 11) is -1.23. The van der Waals surface area contributed by atoms with Gasteiger partial charge in [-0.1, -0.05) is 19.1 Å². The zero-order valence-corrected chi connectivity index (χ0v) is 18.3. The summed E-state index contributed by atoms with van der Waals surface area (Å²) in [6.45, 7) is 16.9. The number of aliphatic imine (C=N–C) groups is 1. The van der Waals surface area contributed by atoms with Crippen LogP contribution in [0.2, 0.25) is 0 Å². The van der Waals surface area contributed by atoms with E-state index in [0.717, 1.165) is 49.3 Å². The molecule has 0 bridgehead atoms. The average molecular weight is 405 g/mol. The molecule has 0 spiro atoms. The van der Waals surface area contributed by atoms with Crippen molar-refractivity contribution in [1.29, 1.82) is 0 Å². The van der Waals surface area contributed by atoms with Crippen LogP contribution in [-0.2, 0) is 22.1 Å². The minimum atomic E-state index is -1.23. The molecule has 1 fully saturated rings. The monoisotopic (exact) mass is 404 g/mol. The Morgan fingerprint density at radius 1 is 1.14 bits per heavy atom. The summed E-state index contributed by atoms with van der Waals surface area (Å²) < 4.78 is 20.9. The van der Waals surface area contributed by atoms with E-state index in [-0.39, 0.29) is 5.60 Å². The molecule has 3 rings (SSSR count). The Morgan fingerprint density at radius 2 is 1.79 bits per heavy atom. The molecule has 6 nitrogen and oxygen atoms in total. The molecule has 0 aliphatic carbocycles. The normalized spacial score (nSPS) is 18.9. The van der Waals surface area contributed by atoms with E-state index in [1.54, 1.807) is 0 Å². The minimum Gasteiger partial charge on any atom is -0.474 e. The van der Waals surface area contributed by atoms with Gasteiger partial charge in [0.1, 0.15) is 5.60 Å². The van der Waals surface area contributed by atoms with E-state index in [4.69, 9.17) is 4.74 Å². The van der Waals surface area contributed by atoms with Crippen molar-refractivity contribution in [3.05, 3.63) is 42.3 Å². The van der Waals surface area contributed by atoms with Crippen LogP contribution >= 0.6 is 0 Å². The van der Waals surface area contributed by atoms with Gasteiger partial charge in [0.25, 0.3) is 0 Å². The van der Waals surface area contributed by atoms with Gasteiger partial charge < -0.3 is 14.5 Å². The maximum atomic E-state index is 13.1. The second kappa shape index (κ2) is 8.55. The fourth-order valence-corrected chi connectivity index (χ4v) is 4.57. The molecule has 0 radical (unpaired) electrons. The van der Waals surface area contributed by atoms with Gasteiger partial charge in [0.05, 0.1) is 18.0 Å². The predicted octanol–water partition coefficient (Wildman–Crippen LogP) is 2.85. The SMILES string of the molecule is C=C(OC(C)(C)C)N1CCN(C2=NCCN2S(=O)c2ccc(CC)cc2)CC1. The van der Waals surface area contributed by atoms with Gasteiger partial charge in [-0.15, -0.1) is 0 Å². The molecule has 2 aliphatic heterocycles. The fraction of sp³-hybridized carbons (Fsp3) is 0.571. The molecular formula is C21H32N4O2S. The number of aryl methyl sites for hydroxylation is 1. The lowest BCUT2D eigenvalue weighted by Gasteiger charge is -2.40. The van der Waals surface area contributed by atoms with Crippen LogP contribution in [0.4, 0.5) is 0 Å². The van der Waals surface area contributed by atoms with E-state index in [1.165, 1.54) is 5.56 Å². The molecule has 2 aliphatic rings. The third kappa shape index (κ3) is 4.87. The second-order valence-corrected chi connectivity index (χ2v) is 9.52. The molecular weight excluding hydrogens is 372 g/mol. The molecule has 1 saturated heterocycles. The number of benzene rings is 1. The maximum absolute atomic E-state index is 13.1. The quantitative estimate of drug-likeness (QED) is 0.708. The van der Waals surface area contributed by atoms with E-state index < -0.39 is 11.0 Å². The Morgan fingerprint density at radius 3 is 2.36 bits per heavy atom. The Kier molecular flexibility index (Phi) is 6.33. The Bertz CT molecular complexity index is 747. The number of rotatable bonds is 5. The van der Waals surface area contributed by atoms with Crippen molar-refractivity contribution in [3.63, 3.8) is 0 Å². The standard InChI is InChI=1S/C21H32N4O2S/c1-6-18-7-9-19(10-8-18)28(26)25-12-11-22-20(25)24-15-13-23(14-16-24)17(2)27-21(3,4)5/h7-10H,2,6,11-16H2,1,3-5H3. The lowest BCUT2D eigenvalue weighted by Crippen LogP contribution is -2.52. The van der Waals surface area contributed by atoms with Crippen LogP contribution in [0.25, 0.3) is 0 Å². The molecule has 0 amide bonds. The van der Waals surface area contributed by atoms with Gasteiger partial charge in [-0.05, 0) is 51.5 Å². The predicted molar refractivity (Wildman–Crippen MR) is 114 cm³/mol. The van der Waals surface area contributed by atoms with Crippen LogP contribution in [-0.4, -0.2) is 69.1 Å². The zero-order valence-electron chi connectivity index (χ0n) is 17.5. The van der Waals surface area contributed by atoms with Crippen molar-refractivity contribution in [2.24, 2.45) is 4.99 Å². The average Bonchev–Trinajstić information content (AvgIpc) is 3.16. The van der Waals surface area contributed by atoms with Crippen LogP contribution in [0.3, 0.4) is 0 Å². The molecule has 28 heavy (non-hydrogen) atoms. The van der Waals surface area contributed by atoms with Crippen molar-refractivity contribution in [3.8, 4) is 0 Å². The lowest BCUT2D eigenvalue weighted by atomic mass is 10.2. The smallest absolute Gasteiger partial charge is 0.209 e. The van der Waals surface area contributed by atoms with Crippen molar-refractivity contribution >= 4 is 16.9 Å². The van der Waals surface area contributed by atoms with Crippen LogP contribution < -0.4 is 0 Å². The van der Waals surface area contributed by atoms with Gasteiger partial charge in [-0.25, -0.2) is 4.21 Å². The zero-order chi connectivity index (χ0) is 20.3. The fourth-order valence-electron chi connectivity index (χ4n) is 3.38. The molecule has 7 heteroatoms. The first-order chi connectivity index (χ1) is 13.3. The highest BCUT2D eigenvalue weighted by Gasteiger charge is 2.31. The van der Waals surface area contributed by atoms with Crippen molar-refractivity contribution in [2.75, 3.05) is 39.3 Å². The van der Waals surface area contributed by atoms with Crippen LogP contribution in [0.15, 0.2) is 46.6 Å². The summed E-state index contributed by atoms with van der Waals surface area (Å²) in [6.07, 6.45) is 0.984. The number of hydrogen-bond acceptors (Lipinski definition) is 5. The molecule has 1 unspecified atom stereocenters. The number of ether oxygens (including phenoxy) is 1. The number of guanidine groups is 1. The van der Waals surface area contributed by atoms with Crippen molar-refractivity contribution in [2.45, 2.75) is 44.6 Å². The summed E-state index contributed by atoms with van der Waals surface area (Å²) in [6, 6.07) is 8.05. The van der Waals surface area contributed by atoms with E-state index in [2.05, 4.69) is 40.4 Å². The Labute approximate surface area is 171 Å². The molecule has 1 atom stereocenters. The van der Waals surface area contributed by atoms with Crippen LogP contribution in [0.5, 0.6) is 0 Å². The van der Waals surface area contributed by atoms with Gasteiger partial charge in [0.2, 0.25) is 5.96 Å². The Balaban J connectivity index is 1.61. The van der Waals surface area contributed by atoms with Gasteiger partial charge in [0, 0.05) is 26.2 Å². The van der Waals surface area contributed by atoms with Crippen molar-refractivity contribution < 1.29 is 8.95 Å². The summed E-state index contributed by atoms with van der Waals surface area (Å²) in [5, 5.41) is 0. The van der Waals surface area contributed by atoms with Crippen molar-refractivity contribution in [1.82, 2.24) is 14.1 Å². The number of nitrogens with zero attached hydrogens (tertiary/aromatic N) is 4. The summed E-state index contributed by atoms with van der Waals surface area (Å²) in [4.78, 5) is 9.88. The highest BCUT2D eigenvalue weighted by Crippen LogP contribution is 2.21.